The fraction of sp³-hybridized carbons (Fsp3) is 0.250. The van der Waals surface area contributed by atoms with Gasteiger partial charge in [0, 0.05) is 42.6 Å². The first kappa shape index (κ1) is 16.3. The van der Waals surface area contributed by atoms with Gasteiger partial charge in [0.05, 0.1) is 12.8 Å². The fourth-order valence-electron chi connectivity index (χ4n) is 2.28. The summed E-state index contributed by atoms with van der Waals surface area (Å²) in [5, 5.41) is 9.41. The molecule has 0 saturated carbocycles. The van der Waals surface area contributed by atoms with Crippen LogP contribution in [0.25, 0.3) is 11.1 Å². The van der Waals surface area contributed by atoms with E-state index in [1.807, 2.05) is 26.2 Å². The summed E-state index contributed by atoms with van der Waals surface area (Å²) >= 11 is 1.39. The van der Waals surface area contributed by atoms with Gasteiger partial charge in [0.25, 0.3) is 5.91 Å². The Balaban J connectivity index is 1.75. The number of nitrogens with zero attached hydrogens (tertiary/aromatic N) is 4. The van der Waals surface area contributed by atoms with Crippen LogP contribution in [-0.4, -0.2) is 32.8 Å². The maximum Gasteiger partial charge on any atom is 0.276 e. The molecule has 0 bridgehead atoms. The number of pyridine rings is 1. The molecule has 0 aliphatic heterocycles. The van der Waals surface area contributed by atoms with Gasteiger partial charge in [0.2, 0.25) is 0 Å². The lowest BCUT2D eigenvalue weighted by molar-refractivity contribution is 0.102. The number of thiazole rings is 1. The largest absolute Gasteiger partial charge is 0.378 e. The molecule has 0 atom stereocenters. The molecule has 1 N–H and O–H groups in total. The Kier molecular flexibility index (Phi) is 4.68. The molecule has 3 rings (SSSR count). The second kappa shape index (κ2) is 6.90. The van der Waals surface area contributed by atoms with Crippen LogP contribution in [0.1, 0.15) is 21.2 Å². The molecule has 0 aromatic carbocycles. The van der Waals surface area contributed by atoms with Crippen molar-refractivity contribution in [1.82, 2.24) is 19.7 Å². The highest BCUT2D eigenvalue weighted by atomic mass is 32.1. The van der Waals surface area contributed by atoms with Gasteiger partial charge in [0.15, 0.2) is 0 Å². The third-order valence-electron chi connectivity index (χ3n) is 3.40. The summed E-state index contributed by atoms with van der Waals surface area (Å²) in [4.78, 5) is 20.9. The zero-order chi connectivity index (χ0) is 17.1. The molecular weight excluding hydrogens is 326 g/mol. The molecule has 24 heavy (non-hydrogen) atoms. The number of rotatable bonds is 5. The highest BCUT2D eigenvalue weighted by molar-refractivity contribution is 7.09. The fourth-order valence-corrected chi connectivity index (χ4v) is 3.03. The van der Waals surface area contributed by atoms with E-state index in [1.165, 1.54) is 11.3 Å². The van der Waals surface area contributed by atoms with Crippen molar-refractivity contribution >= 4 is 23.1 Å². The minimum Gasteiger partial charge on any atom is -0.378 e. The number of hydrogen-bond acceptors (Lipinski definition) is 6. The third kappa shape index (κ3) is 3.50. The standard InChI is InChI=1S/C16H17N5O2S/c1-10-12(11-6-17-21(2)7-11)4-5-14(18-10)20-16(22)13-9-24-15(19-13)8-23-3/h4-7,9H,8H2,1-3H3,(H,18,20,22). The van der Waals surface area contributed by atoms with Crippen LogP contribution in [0.15, 0.2) is 29.9 Å². The summed E-state index contributed by atoms with van der Waals surface area (Å²) in [5.74, 6) is 0.209. The Morgan fingerprint density at radius 3 is 2.88 bits per heavy atom. The van der Waals surface area contributed by atoms with Gasteiger partial charge in [-0.3, -0.25) is 9.48 Å². The van der Waals surface area contributed by atoms with Crippen LogP contribution in [0.2, 0.25) is 0 Å². The predicted molar refractivity (Wildman–Crippen MR) is 92.0 cm³/mol. The Bertz CT molecular complexity index is 871. The van der Waals surface area contributed by atoms with Gasteiger partial charge in [-0.25, -0.2) is 9.97 Å². The lowest BCUT2D eigenvalue weighted by Crippen LogP contribution is -2.14. The molecular formula is C16H17N5O2S. The number of anilines is 1. The van der Waals surface area contributed by atoms with Crippen molar-refractivity contribution in [2.24, 2.45) is 7.05 Å². The van der Waals surface area contributed by atoms with Gasteiger partial charge in [-0.05, 0) is 19.1 Å². The van der Waals surface area contributed by atoms with Gasteiger partial charge in [-0.1, -0.05) is 0 Å². The lowest BCUT2D eigenvalue weighted by Gasteiger charge is -2.07. The Morgan fingerprint density at radius 1 is 1.38 bits per heavy atom. The number of hydrogen-bond donors (Lipinski definition) is 1. The summed E-state index contributed by atoms with van der Waals surface area (Å²) in [6, 6.07) is 3.70. The SMILES string of the molecule is COCc1nc(C(=O)Nc2ccc(-c3cnn(C)c3)c(C)n2)cs1. The summed E-state index contributed by atoms with van der Waals surface area (Å²) in [5.41, 5.74) is 3.16. The molecule has 0 spiro atoms. The van der Waals surface area contributed by atoms with Gasteiger partial charge in [-0.2, -0.15) is 5.10 Å². The summed E-state index contributed by atoms with van der Waals surface area (Å²) in [7, 11) is 3.46. The van der Waals surface area contributed by atoms with Crippen LogP contribution in [0, 0.1) is 6.92 Å². The van der Waals surface area contributed by atoms with E-state index in [4.69, 9.17) is 4.74 Å². The maximum absolute atomic E-state index is 12.2. The number of aryl methyl sites for hydroxylation is 2. The molecule has 124 valence electrons. The van der Waals surface area contributed by atoms with E-state index in [2.05, 4.69) is 20.4 Å². The number of amides is 1. The van der Waals surface area contributed by atoms with E-state index in [9.17, 15) is 4.79 Å². The third-order valence-corrected chi connectivity index (χ3v) is 4.22. The molecule has 7 nitrogen and oxygen atoms in total. The van der Waals surface area contributed by atoms with E-state index < -0.39 is 0 Å². The van der Waals surface area contributed by atoms with E-state index in [-0.39, 0.29) is 5.91 Å². The number of nitrogens with one attached hydrogen (secondary N) is 1. The van der Waals surface area contributed by atoms with E-state index in [0.717, 1.165) is 21.8 Å². The first-order valence-electron chi connectivity index (χ1n) is 7.28. The molecule has 1 amide bonds. The van der Waals surface area contributed by atoms with E-state index >= 15 is 0 Å². The summed E-state index contributed by atoms with van der Waals surface area (Å²) < 4.78 is 6.75. The van der Waals surface area contributed by atoms with Gasteiger partial charge < -0.3 is 10.1 Å². The Labute approximate surface area is 143 Å². The number of ether oxygens (including phenoxy) is 1. The first-order chi connectivity index (χ1) is 11.6. The molecule has 3 aromatic rings. The average Bonchev–Trinajstić information content (AvgIpc) is 3.17. The number of carbonyl (C=O) groups is 1. The quantitative estimate of drug-likeness (QED) is 0.770. The topological polar surface area (TPSA) is 81.9 Å². The lowest BCUT2D eigenvalue weighted by atomic mass is 10.1. The highest BCUT2D eigenvalue weighted by Crippen LogP contribution is 2.23. The van der Waals surface area contributed by atoms with Crippen LogP contribution in [0.3, 0.4) is 0 Å². The second-order valence-electron chi connectivity index (χ2n) is 5.25. The molecule has 3 aromatic heterocycles. The van der Waals surface area contributed by atoms with Crippen LogP contribution in [0.5, 0.6) is 0 Å². The summed E-state index contributed by atoms with van der Waals surface area (Å²) in [6.45, 7) is 2.30. The number of aromatic nitrogens is 4. The van der Waals surface area contributed by atoms with Crippen molar-refractivity contribution in [1.29, 1.82) is 0 Å². The molecule has 0 radical (unpaired) electrons. The van der Waals surface area contributed by atoms with Crippen LogP contribution in [-0.2, 0) is 18.4 Å². The smallest absolute Gasteiger partial charge is 0.276 e. The van der Waals surface area contributed by atoms with Crippen LogP contribution in [0.4, 0.5) is 5.82 Å². The van der Waals surface area contributed by atoms with Crippen molar-refractivity contribution in [2.45, 2.75) is 13.5 Å². The average molecular weight is 343 g/mol. The highest BCUT2D eigenvalue weighted by Gasteiger charge is 2.13. The van der Waals surface area contributed by atoms with Crippen LogP contribution >= 0.6 is 11.3 Å². The van der Waals surface area contributed by atoms with Crippen molar-refractivity contribution in [2.75, 3.05) is 12.4 Å². The molecule has 0 fully saturated rings. The van der Waals surface area contributed by atoms with Gasteiger partial charge >= 0.3 is 0 Å². The maximum atomic E-state index is 12.2. The monoisotopic (exact) mass is 343 g/mol. The molecule has 3 heterocycles. The molecule has 0 saturated heterocycles. The normalized spacial score (nSPS) is 10.8. The first-order valence-corrected chi connectivity index (χ1v) is 8.16. The van der Waals surface area contributed by atoms with E-state index in [1.54, 1.807) is 29.4 Å². The van der Waals surface area contributed by atoms with Gasteiger partial charge in [0.1, 0.15) is 16.5 Å². The zero-order valence-electron chi connectivity index (χ0n) is 13.6. The minimum absolute atomic E-state index is 0.283. The van der Waals surface area contributed by atoms with Crippen molar-refractivity contribution in [3.8, 4) is 11.1 Å². The van der Waals surface area contributed by atoms with Crippen LogP contribution < -0.4 is 5.32 Å². The molecule has 0 aliphatic carbocycles. The molecule has 0 unspecified atom stereocenters. The van der Waals surface area contributed by atoms with Crippen molar-refractivity contribution < 1.29 is 9.53 Å². The minimum atomic E-state index is -0.283. The zero-order valence-corrected chi connectivity index (χ0v) is 14.4. The van der Waals surface area contributed by atoms with E-state index in [0.29, 0.717) is 18.1 Å². The summed E-state index contributed by atoms with van der Waals surface area (Å²) in [6.07, 6.45) is 3.71. The van der Waals surface area contributed by atoms with Gasteiger partial charge in [-0.15, -0.1) is 11.3 Å². The Morgan fingerprint density at radius 2 is 2.21 bits per heavy atom. The molecule has 0 aliphatic rings. The predicted octanol–water partition coefficient (Wildman–Crippen LogP) is 2.65. The second-order valence-corrected chi connectivity index (χ2v) is 6.19. The number of carbonyl (C=O) groups excluding carboxylic acids is 1. The van der Waals surface area contributed by atoms with Crippen molar-refractivity contribution in [3.63, 3.8) is 0 Å². The molecule has 8 heteroatoms. The Hall–Kier alpha value is -2.58. The number of methoxy groups -OCH3 is 1. The van der Waals surface area contributed by atoms with Crippen molar-refractivity contribution in [3.05, 3.63) is 46.3 Å².